The molecule has 27 heavy (non-hydrogen) atoms. The second kappa shape index (κ2) is 9.74. The van der Waals surface area contributed by atoms with Crippen molar-refractivity contribution < 1.29 is 4.79 Å². The number of nitrogens with zero attached hydrogens (tertiary/aromatic N) is 1. The maximum absolute atomic E-state index is 12.1. The van der Waals surface area contributed by atoms with Crippen LogP contribution in [0.15, 0.2) is 72.9 Å². The molecular formula is C23H27N3O. The molecule has 2 N–H and O–H groups in total. The minimum absolute atomic E-state index is 0.00422. The summed E-state index contributed by atoms with van der Waals surface area (Å²) >= 11 is 0. The molecule has 1 amide bonds. The Bertz CT molecular complexity index is 855. The first-order chi connectivity index (χ1) is 13.3. The molecule has 3 aromatic rings. The van der Waals surface area contributed by atoms with Gasteiger partial charge < -0.3 is 15.2 Å². The summed E-state index contributed by atoms with van der Waals surface area (Å²) in [7, 11) is 0. The van der Waals surface area contributed by atoms with Crippen LogP contribution < -0.4 is 10.6 Å². The molecule has 1 heterocycles. The summed E-state index contributed by atoms with van der Waals surface area (Å²) in [6.07, 6.45) is 3.05. The fourth-order valence-corrected chi connectivity index (χ4v) is 3.04. The lowest BCUT2D eigenvalue weighted by Crippen LogP contribution is -2.24. The van der Waals surface area contributed by atoms with Gasteiger partial charge in [0.2, 0.25) is 0 Å². The van der Waals surface area contributed by atoms with E-state index in [9.17, 15) is 4.79 Å². The van der Waals surface area contributed by atoms with Crippen molar-refractivity contribution >= 4 is 5.91 Å². The van der Waals surface area contributed by atoms with Crippen LogP contribution in [0.3, 0.4) is 0 Å². The molecule has 4 nitrogen and oxygen atoms in total. The molecular weight excluding hydrogens is 334 g/mol. The summed E-state index contributed by atoms with van der Waals surface area (Å²) in [5, 5.41) is 6.41. The Balaban J connectivity index is 1.55. The minimum atomic E-state index is -0.00422. The molecule has 140 valence electrons. The van der Waals surface area contributed by atoms with E-state index in [4.69, 9.17) is 0 Å². The molecule has 0 aliphatic rings. The number of rotatable bonds is 9. The van der Waals surface area contributed by atoms with E-state index in [2.05, 4.69) is 57.8 Å². The zero-order valence-electron chi connectivity index (χ0n) is 15.8. The topological polar surface area (TPSA) is 46.1 Å². The van der Waals surface area contributed by atoms with Crippen molar-refractivity contribution in [3.8, 4) is 0 Å². The van der Waals surface area contributed by atoms with E-state index in [-0.39, 0.29) is 5.91 Å². The third kappa shape index (κ3) is 5.56. The number of hydrogen-bond donors (Lipinski definition) is 2. The van der Waals surface area contributed by atoms with E-state index < -0.39 is 0 Å². The predicted molar refractivity (Wildman–Crippen MR) is 110 cm³/mol. The number of nitrogens with one attached hydrogen (secondary N) is 2. The van der Waals surface area contributed by atoms with E-state index in [1.165, 1.54) is 11.3 Å². The monoisotopic (exact) mass is 361 g/mol. The Kier molecular flexibility index (Phi) is 6.83. The van der Waals surface area contributed by atoms with E-state index in [1.807, 2.05) is 37.3 Å². The Hall–Kier alpha value is -2.85. The number of amides is 1. The van der Waals surface area contributed by atoms with Crippen LogP contribution in [0, 0.1) is 0 Å². The predicted octanol–water partition coefficient (Wildman–Crippen LogP) is 3.97. The third-order valence-electron chi connectivity index (χ3n) is 4.48. The molecule has 0 aliphatic carbocycles. The summed E-state index contributed by atoms with van der Waals surface area (Å²) in [5.74, 6) is -0.00422. The van der Waals surface area contributed by atoms with Crippen molar-refractivity contribution in [1.82, 2.24) is 15.2 Å². The average Bonchev–Trinajstić information content (AvgIpc) is 3.14. The SMILES string of the molecule is CCCNC(=O)c1cccc(CNCc2cccn2Cc2ccccc2)c1. The van der Waals surface area contributed by atoms with Crippen molar-refractivity contribution in [2.75, 3.05) is 6.54 Å². The number of aromatic nitrogens is 1. The molecule has 0 atom stereocenters. The minimum Gasteiger partial charge on any atom is -0.352 e. The van der Waals surface area contributed by atoms with Crippen molar-refractivity contribution in [3.05, 3.63) is 95.3 Å². The Labute approximate surface area is 161 Å². The molecule has 0 fully saturated rings. The maximum Gasteiger partial charge on any atom is 0.251 e. The molecule has 1 aromatic heterocycles. The Morgan fingerprint density at radius 2 is 1.74 bits per heavy atom. The molecule has 0 unspecified atom stereocenters. The van der Waals surface area contributed by atoms with Crippen molar-refractivity contribution in [2.45, 2.75) is 33.0 Å². The first-order valence-corrected chi connectivity index (χ1v) is 9.52. The number of benzene rings is 2. The third-order valence-corrected chi connectivity index (χ3v) is 4.48. The largest absolute Gasteiger partial charge is 0.352 e. The van der Waals surface area contributed by atoms with E-state index >= 15 is 0 Å². The zero-order valence-corrected chi connectivity index (χ0v) is 15.8. The fourth-order valence-electron chi connectivity index (χ4n) is 3.04. The summed E-state index contributed by atoms with van der Waals surface area (Å²) < 4.78 is 2.26. The van der Waals surface area contributed by atoms with Gasteiger partial charge in [0.15, 0.2) is 0 Å². The van der Waals surface area contributed by atoms with E-state index in [1.54, 1.807) is 0 Å². The van der Waals surface area contributed by atoms with Gasteiger partial charge >= 0.3 is 0 Å². The van der Waals surface area contributed by atoms with Gasteiger partial charge in [-0.2, -0.15) is 0 Å². The molecule has 0 saturated carbocycles. The average molecular weight is 361 g/mol. The van der Waals surface area contributed by atoms with E-state index in [0.717, 1.165) is 37.2 Å². The normalized spacial score (nSPS) is 10.7. The summed E-state index contributed by atoms with van der Waals surface area (Å²) in [6, 6.07) is 22.5. The summed E-state index contributed by atoms with van der Waals surface area (Å²) in [5.41, 5.74) is 4.37. The summed E-state index contributed by atoms with van der Waals surface area (Å²) in [4.78, 5) is 12.1. The van der Waals surface area contributed by atoms with Gasteiger partial charge in [-0.3, -0.25) is 4.79 Å². The maximum atomic E-state index is 12.1. The van der Waals surface area contributed by atoms with Crippen LogP contribution in [-0.2, 0) is 19.6 Å². The number of hydrogen-bond acceptors (Lipinski definition) is 2. The lowest BCUT2D eigenvalue weighted by atomic mass is 10.1. The quantitative estimate of drug-likeness (QED) is 0.606. The molecule has 0 bridgehead atoms. The van der Waals surface area contributed by atoms with Crippen LogP contribution in [-0.4, -0.2) is 17.0 Å². The highest BCUT2D eigenvalue weighted by Crippen LogP contribution is 2.09. The van der Waals surface area contributed by atoms with Crippen LogP contribution in [0.5, 0.6) is 0 Å². The molecule has 2 aromatic carbocycles. The lowest BCUT2D eigenvalue weighted by molar-refractivity contribution is 0.0953. The highest BCUT2D eigenvalue weighted by atomic mass is 16.1. The van der Waals surface area contributed by atoms with Gasteiger partial charge in [0.05, 0.1) is 0 Å². The van der Waals surface area contributed by atoms with Gasteiger partial charge in [-0.25, -0.2) is 0 Å². The standard InChI is InChI=1S/C23H27N3O/c1-2-13-25-23(27)21-11-6-10-20(15-21)16-24-17-22-12-7-14-26(22)18-19-8-4-3-5-9-19/h3-12,14-15,24H,2,13,16-18H2,1H3,(H,25,27). The fraction of sp³-hybridized carbons (Fsp3) is 0.261. The molecule has 0 saturated heterocycles. The highest BCUT2D eigenvalue weighted by molar-refractivity contribution is 5.94. The number of carbonyl (C=O) groups is 1. The molecule has 4 heteroatoms. The van der Waals surface area contributed by atoms with Gasteiger partial charge in [-0.1, -0.05) is 49.4 Å². The van der Waals surface area contributed by atoms with Gasteiger partial charge in [0, 0.05) is 43.6 Å². The van der Waals surface area contributed by atoms with Crippen LogP contribution in [0.1, 0.15) is 40.5 Å². The van der Waals surface area contributed by atoms with Gasteiger partial charge in [0.25, 0.3) is 5.91 Å². The summed E-state index contributed by atoms with van der Waals surface area (Å²) in [6.45, 7) is 5.14. The Morgan fingerprint density at radius 3 is 2.56 bits per heavy atom. The van der Waals surface area contributed by atoms with Crippen molar-refractivity contribution in [2.24, 2.45) is 0 Å². The first kappa shape index (κ1) is 18.9. The van der Waals surface area contributed by atoms with Crippen LogP contribution >= 0.6 is 0 Å². The molecule has 3 rings (SSSR count). The first-order valence-electron chi connectivity index (χ1n) is 9.52. The molecule has 0 radical (unpaired) electrons. The zero-order chi connectivity index (χ0) is 18.9. The van der Waals surface area contributed by atoms with E-state index in [0.29, 0.717) is 6.54 Å². The van der Waals surface area contributed by atoms with Crippen LogP contribution in [0.4, 0.5) is 0 Å². The van der Waals surface area contributed by atoms with Crippen LogP contribution in [0.2, 0.25) is 0 Å². The smallest absolute Gasteiger partial charge is 0.251 e. The van der Waals surface area contributed by atoms with Crippen molar-refractivity contribution in [3.63, 3.8) is 0 Å². The number of carbonyl (C=O) groups excluding carboxylic acids is 1. The van der Waals surface area contributed by atoms with Crippen molar-refractivity contribution in [1.29, 1.82) is 0 Å². The van der Waals surface area contributed by atoms with Gasteiger partial charge in [-0.15, -0.1) is 0 Å². The second-order valence-corrected chi connectivity index (χ2v) is 6.67. The Morgan fingerprint density at radius 1 is 0.926 bits per heavy atom. The lowest BCUT2D eigenvalue weighted by Gasteiger charge is -2.11. The highest BCUT2D eigenvalue weighted by Gasteiger charge is 2.06. The van der Waals surface area contributed by atoms with Crippen LogP contribution in [0.25, 0.3) is 0 Å². The van der Waals surface area contributed by atoms with Gasteiger partial charge in [0.1, 0.15) is 0 Å². The van der Waals surface area contributed by atoms with Gasteiger partial charge in [-0.05, 0) is 41.8 Å². The molecule has 0 spiro atoms. The molecule has 0 aliphatic heterocycles. The second-order valence-electron chi connectivity index (χ2n) is 6.67.